The number of carbonyl (C=O) groups excluding carboxylic acids is 1. The molecule has 1 aromatic carbocycles. The van der Waals surface area contributed by atoms with Crippen molar-refractivity contribution in [3.8, 4) is 5.88 Å². The summed E-state index contributed by atoms with van der Waals surface area (Å²) in [6, 6.07) is 7.75. The van der Waals surface area contributed by atoms with E-state index in [0.717, 1.165) is 5.56 Å². The van der Waals surface area contributed by atoms with Crippen molar-refractivity contribution < 1.29 is 9.90 Å². The van der Waals surface area contributed by atoms with Crippen molar-refractivity contribution in [1.29, 1.82) is 0 Å². The number of carbonyl (C=O) groups is 1. The van der Waals surface area contributed by atoms with Gasteiger partial charge < -0.3 is 5.11 Å². The predicted molar refractivity (Wildman–Crippen MR) is 110 cm³/mol. The van der Waals surface area contributed by atoms with Gasteiger partial charge in [0.15, 0.2) is 4.77 Å². The van der Waals surface area contributed by atoms with Crippen molar-refractivity contribution in [3.05, 3.63) is 56.1 Å². The van der Waals surface area contributed by atoms with Crippen LogP contribution in [0.2, 0.25) is 0 Å². The molecular formula is C20H24N4O3S. The number of nitrogens with one attached hydrogen (secondary N) is 1. The summed E-state index contributed by atoms with van der Waals surface area (Å²) in [7, 11) is 1.56. The van der Waals surface area contributed by atoms with Crippen LogP contribution in [0.15, 0.2) is 34.2 Å². The van der Waals surface area contributed by atoms with Gasteiger partial charge in [-0.25, -0.2) is 5.01 Å². The summed E-state index contributed by atoms with van der Waals surface area (Å²) in [5.41, 5.74) is 2.04. The van der Waals surface area contributed by atoms with Gasteiger partial charge >= 0.3 is 0 Å². The fraction of sp³-hybridized carbons (Fsp3) is 0.400. The number of aromatic nitrogens is 2. The summed E-state index contributed by atoms with van der Waals surface area (Å²) < 4.78 is 1.43. The number of aromatic amines is 1. The summed E-state index contributed by atoms with van der Waals surface area (Å²) in [4.78, 5) is 27.5. The maximum atomic E-state index is 12.5. The van der Waals surface area contributed by atoms with E-state index in [1.807, 2.05) is 24.3 Å². The van der Waals surface area contributed by atoms with Gasteiger partial charge in [0, 0.05) is 19.9 Å². The Morgan fingerprint density at radius 1 is 1.36 bits per heavy atom. The molecule has 1 aromatic heterocycles. The molecular weight excluding hydrogens is 376 g/mol. The van der Waals surface area contributed by atoms with Crippen molar-refractivity contribution >= 4 is 23.8 Å². The Bertz CT molecular complexity index is 1050. The molecule has 1 atom stereocenters. The first-order chi connectivity index (χ1) is 13.2. The van der Waals surface area contributed by atoms with Crippen LogP contribution in [0.1, 0.15) is 62.3 Å². The van der Waals surface area contributed by atoms with E-state index in [0.29, 0.717) is 24.5 Å². The fourth-order valence-electron chi connectivity index (χ4n) is 3.28. The molecule has 2 N–H and O–H groups in total. The summed E-state index contributed by atoms with van der Waals surface area (Å²) in [6.07, 6.45) is 0.624. The van der Waals surface area contributed by atoms with Crippen molar-refractivity contribution in [1.82, 2.24) is 14.6 Å². The molecule has 0 bridgehead atoms. The zero-order valence-electron chi connectivity index (χ0n) is 16.4. The number of amides is 1. The molecule has 148 valence electrons. The Morgan fingerprint density at radius 2 is 2.00 bits per heavy atom. The number of hydrogen-bond acceptors (Lipinski definition) is 5. The molecule has 0 unspecified atom stereocenters. The minimum Gasteiger partial charge on any atom is -0.494 e. The van der Waals surface area contributed by atoms with Crippen LogP contribution in [0, 0.1) is 4.77 Å². The van der Waals surface area contributed by atoms with E-state index in [-0.39, 0.29) is 28.2 Å². The maximum absolute atomic E-state index is 12.5. The van der Waals surface area contributed by atoms with Crippen molar-refractivity contribution in [2.24, 2.45) is 12.1 Å². The lowest BCUT2D eigenvalue weighted by molar-refractivity contribution is -0.132. The zero-order valence-corrected chi connectivity index (χ0v) is 17.2. The minimum absolute atomic E-state index is 0.0475. The van der Waals surface area contributed by atoms with Crippen molar-refractivity contribution in [2.45, 2.75) is 45.6 Å². The molecule has 28 heavy (non-hydrogen) atoms. The third kappa shape index (κ3) is 3.52. The molecule has 8 heteroatoms. The van der Waals surface area contributed by atoms with E-state index >= 15 is 0 Å². The third-order valence-corrected chi connectivity index (χ3v) is 5.41. The zero-order chi connectivity index (χ0) is 20.6. The van der Waals surface area contributed by atoms with Crippen LogP contribution < -0.4 is 5.56 Å². The normalized spacial score (nSPS) is 16.5. The van der Waals surface area contributed by atoms with Crippen LogP contribution in [-0.2, 0) is 11.8 Å². The van der Waals surface area contributed by atoms with Gasteiger partial charge in [-0.1, -0.05) is 45.0 Å². The number of aromatic hydroxyl groups is 1. The first kappa shape index (κ1) is 20.0. The van der Waals surface area contributed by atoms with E-state index in [1.165, 1.54) is 15.1 Å². The highest BCUT2D eigenvalue weighted by Crippen LogP contribution is 2.34. The monoisotopic (exact) mass is 400 g/mol. The average molecular weight is 401 g/mol. The summed E-state index contributed by atoms with van der Waals surface area (Å²) in [5.74, 6) is 0.00514. The largest absolute Gasteiger partial charge is 0.494 e. The molecule has 0 radical (unpaired) electrons. The molecule has 0 saturated heterocycles. The quantitative estimate of drug-likeness (QED) is 0.770. The molecule has 0 fully saturated rings. The Kier molecular flexibility index (Phi) is 5.51. The fourth-order valence-corrected chi connectivity index (χ4v) is 3.46. The van der Waals surface area contributed by atoms with Crippen molar-refractivity contribution in [3.63, 3.8) is 0 Å². The number of nitrogens with zero attached hydrogens (tertiary/aromatic N) is 3. The first-order valence-electron chi connectivity index (χ1n) is 9.26. The Balaban J connectivity index is 2.05. The molecule has 3 rings (SSSR count). The molecule has 0 saturated carbocycles. The maximum Gasteiger partial charge on any atom is 0.264 e. The lowest BCUT2D eigenvalue weighted by Gasteiger charge is -2.22. The van der Waals surface area contributed by atoms with Gasteiger partial charge in [0.05, 0.1) is 11.8 Å². The molecule has 0 spiro atoms. The third-order valence-electron chi connectivity index (χ3n) is 5.04. The van der Waals surface area contributed by atoms with E-state index in [4.69, 9.17) is 12.2 Å². The Morgan fingerprint density at radius 3 is 2.57 bits per heavy atom. The Labute approximate surface area is 168 Å². The highest BCUT2D eigenvalue weighted by molar-refractivity contribution is 7.71. The van der Waals surface area contributed by atoms with Crippen LogP contribution in [0.3, 0.4) is 0 Å². The van der Waals surface area contributed by atoms with Gasteiger partial charge in [0.2, 0.25) is 11.8 Å². The predicted octanol–water partition coefficient (Wildman–Crippen LogP) is 3.36. The highest BCUT2D eigenvalue weighted by Gasteiger charge is 2.34. The molecule has 2 heterocycles. The summed E-state index contributed by atoms with van der Waals surface area (Å²) in [5, 5.41) is 16.3. The highest BCUT2D eigenvalue weighted by atomic mass is 32.1. The van der Waals surface area contributed by atoms with Crippen LogP contribution in [0.25, 0.3) is 0 Å². The smallest absolute Gasteiger partial charge is 0.264 e. The Hall–Kier alpha value is -2.74. The second-order valence-electron chi connectivity index (χ2n) is 7.20. The molecule has 1 amide bonds. The molecule has 1 aliphatic heterocycles. The number of hydrogen-bond donors (Lipinski definition) is 2. The second-order valence-corrected chi connectivity index (χ2v) is 7.58. The van der Waals surface area contributed by atoms with Gasteiger partial charge in [0.1, 0.15) is 5.56 Å². The second kappa shape index (κ2) is 7.71. The number of H-pyrrole nitrogens is 1. The van der Waals surface area contributed by atoms with Gasteiger partial charge in [0.25, 0.3) is 5.56 Å². The van der Waals surface area contributed by atoms with Crippen LogP contribution in [0.5, 0.6) is 5.88 Å². The van der Waals surface area contributed by atoms with E-state index in [2.05, 4.69) is 23.9 Å². The standard InChI is InChI=1S/C20H24N4O3S/c1-5-16(25)24-15(13-8-6-12(7-9-13)11(2)3)10-14(22-24)17-18(26)21-20(28)23(4)19(17)27/h6-9,11,15,27H,5,10H2,1-4H3,(H,21,26,28)/t15-/m1/s1. The van der Waals surface area contributed by atoms with Crippen LogP contribution in [0.4, 0.5) is 0 Å². The van der Waals surface area contributed by atoms with Gasteiger partial charge in [-0.3, -0.25) is 19.1 Å². The molecule has 0 aliphatic carbocycles. The van der Waals surface area contributed by atoms with E-state index in [1.54, 1.807) is 14.0 Å². The molecule has 2 aromatic rings. The van der Waals surface area contributed by atoms with Crippen LogP contribution in [-0.4, -0.2) is 31.3 Å². The van der Waals surface area contributed by atoms with Gasteiger partial charge in [-0.05, 0) is 29.3 Å². The molecule has 1 aliphatic rings. The summed E-state index contributed by atoms with van der Waals surface area (Å²) in [6.45, 7) is 6.01. The lowest BCUT2D eigenvalue weighted by Crippen LogP contribution is -2.26. The topological polar surface area (TPSA) is 90.7 Å². The first-order valence-corrected chi connectivity index (χ1v) is 9.67. The average Bonchev–Trinajstić information content (AvgIpc) is 3.10. The van der Waals surface area contributed by atoms with Gasteiger partial charge in [-0.2, -0.15) is 5.10 Å². The minimum atomic E-state index is -0.515. The number of hydrazone groups is 1. The molecule has 7 nitrogen and oxygen atoms in total. The number of rotatable bonds is 4. The summed E-state index contributed by atoms with van der Waals surface area (Å²) >= 11 is 5.02. The number of benzene rings is 1. The van der Waals surface area contributed by atoms with E-state index < -0.39 is 5.56 Å². The van der Waals surface area contributed by atoms with Crippen molar-refractivity contribution in [2.75, 3.05) is 0 Å². The SMILES string of the molecule is CCC(=O)N1N=C(c2c(O)n(C)c(=S)[nH]c2=O)C[C@@H]1c1ccc(C(C)C)cc1. The van der Waals surface area contributed by atoms with Gasteiger partial charge in [-0.15, -0.1) is 0 Å². The van der Waals surface area contributed by atoms with E-state index in [9.17, 15) is 14.7 Å². The lowest BCUT2D eigenvalue weighted by atomic mass is 9.95. The van der Waals surface area contributed by atoms with Crippen LogP contribution >= 0.6 is 12.2 Å².